The number of nitrogen functional groups attached to an aromatic ring is 1. The maximum absolute atomic E-state index is 12.7. The molecule has 1 aliphatic heterocycles. The number of halogens is 3. The van der Waals surface area contributed by atoms with Crippen molar-refractivity contribution in [1.29, 1.82) is 0 Å². The third-order valence-corrected chi connectivity index (χ3v) is 3.75. The zero-order chi connectivity index (χ0) is 13.2. The Morgan fingerprint density at radius 3 is 2.72 bits per heavy atom. The minimum absolute atomic E-state index is 0.0864. The smallest absolute Gasteiger partial charge is 0.384 e. The lowest BCUT2D eigenvalue weighted by atomic mass is 10.2. The van der Waals surface area contributed by atoms with E-state index in [0.29, 0.717) is 12.4 Å². The maximum Gasteiger partial charge on any atom is 0.416 e. The molecule has 1 saturated heterocycles. The van der Waals surface area contributed by atoms with Crippen molar-refractivity contribution < 1.29 is 13.2 Å². The van der Waals surface area contributed by atoms with E-state index in [1.165, 1.54) is 0 Å². The van der Waals surface area contributed by atoms with Crippen LogP contribution in [0.3, 0.4) is 0 Å². The average molecular weight is 277 g/mol. The molecule has 0 atom stereocenters. The van der Waals surface area contributed by atoms with Crippen LogP contribution >= 0.6 is 11.8 Å². The molecule has 0 spiro atoms. The van der Waals surface area contributed by atoms with Crippen molar-refractivity contribution in [3.8, 4) is 0 Å². The number of pyridine rings is 1. The summed E-state index contributed by atoms with van der Waals surface area (Å²) in [6, 6.07) is 1.95. The van der Waals surface area contributed by atoms with Crippen molar-refractivity contribution in [2.24, 2.45) is 0 Å². The van der Waals surface area contributed by atoms with Crippen molar-refractivity contribution in [2.45, 2.75) is 12.6 Å². The van der Waals surface area contributed by atoms with Gasteiger partial charge < -0.3 is 10.6 Å². The molecule has 1 aromatic rings. The van der Waals surface area contributed by atoms with Crippen LogP contribution < -0.4 is 10.6 Å². The van der Waals surface area contributed by atoms with Gasteiger partial charge in [0.15, 0.2) is 0 Å². The molecule has 0 unspecified atom stereocenters. The summed E-state index contributed by atoms with van der Waals surface area (Å²) in [5, 5.41) is 0. The van der Waals surface area contributed by atoms with E-state index in [0.717, 1.165) is 36.6 Å². The van der Waals surface area contributed by atoms with Gasteiger partial charge in [-0.2, -0.15) is 24.9 Å². The number of thioether (sulfide) groups is 1. The van der Waals surface area contributed by atoms with Crippen molar-refractivity contribution in [3.63, 3.8) is 0 Å². The van der Waals surface area contributed by atoms with Crippen LogP contribution in [0.15, 0.2) is 12.1 Å². The molecule has 2 heterocycles. The second kappa shape index (κ2) is 5.26. The molecular weight excluding hydrogens is 263 g/mol. The molecular formula is C11H14F3N3S. The van der Waals surface area contributed by atoms with Crippen LogP contribution in [-0.4, -0.2) is 29.6 Å². The highest BCUT2D eigenvalue weighted by atomic mass is 32.2. The standard InChI is InChI=1S/C11H14F3N3S/c12-11(13,14)8-6-9(15)16-10(7-8)17-2-1-4-18-5-3-17/h6-7H,1-5H2,(H2,15,16). The fourth-order valence-electron chi connectivity index (χ4n) is 1.84. The Labute approximate surface area is 108 Å². The highest BCUT2D eigenvalue weighted by Crippen LogP contribution is 2.32. The van der Waals surface area contributed by atoms with Gasteiger partial charge in [0.05, 0.1) is 5.56 Å². The number of rotatable bonds is 1. The van der Waals surface area contributed by atoms with E-state index >= 15 is 0 Å². The summed E-state index contributed by atoms with van der Waals surface area (Å²) < 4.78 is 38.1. The van der Waals surface area contributed by atoms with Crippen LogP contribution in [0.25, 0.3) is 0 Å². The number of hydrogen-bond donors (Lipinski definition) is 1. The lowest BCUT2D eigenvalue weighted by molar-refractivity contribution is -0.137. The first kappa shape index (κ1) is 13.3. The molecule has 1 fully saturated rings. The van der Waals surface area contributed by atoms with Gasteiger partial charge in [-0.3, -0.25) is 0 Å². The van der Waals surface area contributed by atoms with Crippen LogP contribution in [0.2, 0.25) is 0 Å². The van der Waals surface area contributed by atoms with Crippen LogP contribution in [0, 0.1) is 0 Å². The fourth-order valence-corrected chi connectivity index (χ4v) is 2.72. The molecule has 0 saturated carbocycles. The second-order valence-electron chi connectivity index (χ2n) is 4.09. The third-order valence-electron chi connectivity index (χ3n) is 2.71. The highest BCUT2D eigenvalue weighted by molar-refractivity contribution is 7.99. The van der Waals surface area contributed by atoms with Gasteiger partial charge in [0.1, 0.15) is 11.6 Å². The molecule has 0 aromatic carbocycles. The van der Waals surface area contributed by atoms with Crippen LogP contribution in [0.5, 0.6) is 0 Å². The van der Waals surface area contributed by atoms with E-state index in [1.54, 1.807) is 11.8 Å². The third kappa shape index (κ3) is 3.22. The summed E-state index contributed by atoms with van der Waals surface area (Å²) in [5.74, 6) is 2.17. The maximum atomic E-state index is 12.7. The summed E-state index contributed by atoms with van der Waals surface area (Å²) in [6.07, 6.45) is -3.44. The Bertz CT molecular complexity index is 414. The van der Waals surface area contributed by atoms with Gasteiger partial charge >= 0.3 is 6.18 Å². The molecule has 2 rings (SSSR count). The van der Waals surface area contributed by atoms with Gasteiger partial charge in [0, 0.05) is 18.8 Å². The number of alkyl halides is 3. The molecule has 7 heteroatoms. The largest absolute Gasteiger partial charge is 0.416 e. The number of aromatic nitrogens is 1. The van der Waals surface area contributed by atoms with Gasteiger partial charge in [-0.1, -0.05) is 0 Å². The van der Waals surface area contributed by atoms with E-state index in [2.05, 4.69) is 4.98 Å². The normalized spacial score (nSPS) is 17.6. The zero-order valence-electron chi connectivity index (χ0n) is 9.70. The van der Waals surface area contributed by atoms with E-state index < -0.39 is 11.7 Å². The molecule has 0 aliphatic carbocycles. The lowest BCUT2D eigenvalue weighted by Gasteiger charge is -2.22. The van der Waals surface area contributed by atoms with Crippen molar-refractivity contribution in [3.05, 3.63) is 17.7 Å². The van der Waals surface area contributed by atoms with Gasteiger partial charge in [0.25, 0.3) is 0 Å². The molecule has 1 aromatic heterocycles. The molecule has 3 nitrogen and oxygen atoms in total. The topological polar surface area (TPSA) is 42.1 Å². The van der Waals surface area contributed by atoms with Gasteiger partial charge in [-0.15, -0.1) is 0 Å². The number of hydrogen-bond acceptors (Lipinski definition) is 4. The van der Waals surface area contributed by atoms with Crippen LogP contribution in [0.1, 0.15) is 12.0 Å². The number of anilines is 2. The second-order valence-corrected chi connectivity index (χ2v) is 5.31. The van der Waals surface area contributed by atoms with Gasteiger partial charge in [0.2, 0.25) is 0 Å². The Morgan fingerprint density at radius 1 is 1.22 bits per heavy atom. The Hall–Kier alpha value is -1.11. The molecule has 2 N–H and O–H groups in total. The summed E-state index contributed by atoms with van der Waals surface area (Å²) in [6.45, 7) is 1.43. The summed E-state index contributed by atoms with van der Waals surface area (Å²) in [5.41, 5.74) is 4.72. The first-order chi connectivity index (χ1) is 8.47. The predicted octanol–water partition coefficient (Wildman–Crippen LogP) is 2.63. The first-order valence-electron chi connectivity index (χ1n) is 5.64. The monoisotopic (exact) mass is 277 g/mol. The minimum atomic E-state index is -4.38. The number of nitrogens with two attached hydrogens (primary N) is 1. The summed E-state index contributed by atoms with van der Waals surface area (Å²) >= 11 is 1.81. The van der Waals surface area contributed by atoms with E-state index in [4.69, 9.17) is 5.73 Å². The van der Waals surface area contributed by atoms with E-state index in [1.807, 2.05) is 4.90 Å². The summed E-state index contributed by atoms with van der Waals surface area (Å²) in [7, 11) is 0. The van der Waals surface area contributed by atoms with E-state index in [-0.39, 0.29) is 5.82 Å². The van der Waals surface area contributed by atoms with Crippen LogP contribution in [-0.2, 0) is 6.18 Å². The van der Waals surface area contributed by atoms with Crippen molar-refractivity contribution in [2.75, 3.05) is 35.2 Å². The van der Waals surface area contributed by atoms with Crippen LogP contribution in [0.4, 0.5) is 24.8 Å². The molecule has 0 radical (unpaired) electrons. The minimum Gasteiger partial charge on any atom is -0.384 e. The molecule has 100 valence electrons. The van der Waals surface area contributed by atoms with E-state index in [9.17, 15) is 13.2 Å². The molecule has 1 aliphatic rings. The van der Waals surface area contributed by atoms with Crippen molar-refractivity contribution >= 4 is 23.4 Å². The summed E-state index contributed by atoms with van der Waals surface area (Å²) in [4.78, 5) is 5.87. The van der Waals surface area contributed by atoms with Crippen molar-refractivity contribution in [1.82, 2.24) is 4.98 Å². The van der Waals surface area contributed by atoms with Gasteiger partial charge in [-0.05, 0) is 24.3 Å². The Balaban J connectivity index is 2.29. The predicted molar refractivity (Wildman–Crippen MR) is 67.8 cm³/mol. The fraction of sp³-hybridized carbons (Fsp3) is 0.545. The SMILES string of the molecule is Nc1cc(C(F)(F)F)cc(N2CCCSCC2)n1. The Morgan fingerprint density at radius 2 is 2.00 bits per heavy atom. The first-order valence-corrected chi connectivity index (χ1v) is 6.80. The number of nitrogens with zero attached hydrogens (tertiary/aromatic N) is 2. The lowest BCUT2D eigenvalue weighted by Crippen LogP contribution is -2.27. The quantitative estimate of drug-likeness (QED) is 0.857. The Kier molecular flexibility index (Phi) is 3.89. The molecule has 0 amide bonds. The molecule has 0 bridgehead atoms. The highest BCUT2D eigenvalue weighted by Gasteiger charge is 2.32. The zero-order valence-corrected chi connectivity index (χ0v) is 10.5. The average Bonchev–Trinajstić information content (AvgIpc) is 2.55. The van der Waals surface area contributed by atoms with Gasteiger partial charge in [-0.25, -0.2) is 4.98 Å². The molecule has 18 heavy (non-hydrogen) atoms.